The molecule has 3 rings (SSSR count). The van der Waals surface area contributed by atoms with Crippen LogP contribution >= 0.6 is 0 Å². The van der Waals surface area contributed by atoms with Gasteiger partial charge in [-0.3, -0.25) is 14.5 Å². The van der Waals surface area contributed by atoms with Gasteiger partial charge in [-0.25, -0.2) is 0 Å². The van der Waals surface area contributed by atoms with E-state index >= 15 is 0 Å². The lowest BCUT2D eigenvalue weighted by Gasteiger charge is -2.25. The van der Waals surface area contributed by atoms with Crippen molar-refractivity contribution in [2.45, 2.75) is 13.3 Å². The minimum absolute atomic E-state index is 0.167. The van der Waals surface area contributed by atoms with Crippen molar-refractivity contribution < 1.29 is 9.59 Å². The second kappa shape index (κ2) is 4.63. The van der Waals surface area contributed by atoms with E-state index in [9.17, 15) is 9.59 Å². The van der Waals surface area contributed by atoms with Crippen LogP contribution in [-0.2, 0) is 0 Å². The number of carbonyl (C=O) groups excluding carboxylic acids is 2. The molecule has 0 unspecified atom stereocenters. The Morgan fingerprint density at radius 1 is 1.16 bits per heavy atom. The molecule has 1 N–H and O–H groups in total. The number of nitrogens with one attached hydrogen (secondary N) is 1. The fourth-order valence-corrected chi connectivity index (χ4v) is 2.55. The average molecular weight is 256 g/mol. The predicted molar refractivity (Wildman–Crippen MR) is 72.0 cm³/mol. The molecule has 1 saturated heterocycles. The molecule has 2 aliphatic heterocycles. The van der Waals surface area contributed by atoms with Crippen molar-refractivity contribution in [3.63, 3.8) is 0 Å². The summed E-state index contributed by atoms with van der Waals surface area (Å²) in [5.74, 6) is -0.334. The molecule has 2 amide bonds. The molecule has 98 valence electrons. The van der Waals surface area contributed by atoms with Gasteiger partial charge >= 0.3 is 0 Å². The van der Waals surface area contributed by atoms with E-state index in [1.165, 1.54) is 16.0 Å². The molecule has 0 radical (unpaired) electrons. The first-order valence-electron chi connectivity index (χ1n) is 6.58. The van der Waals surface area contributed by atoms with Gasteiger partial charge in [0.05, 0.1) is 17.7 Å². The quantitative estimate of drug-likeness (QED) is 0.660. The summed E-state index contributed by atoms with van der Waals surface area (Å²) < 4.78 is 0. The van der Waals surface area contributed by atoms with Crippen LogP contribution in [-0.4, -0.2) is 36.3 Å². The van der Waals surface area contributed by atoms with Crippen molar-refractivity contribution in [2.24, 2.45) is 0 Å². The first-order valence-corrected chi connectivity index (χ1v) is 6.58. The molecular weight excluding hydrogens is 240 g/mol. The van der Waals surface area contributed by atoms with Crippen LogP contribution in [0.2, 0.25) is 0 Å². The Labute approximate surface area is 112 Å². The lowest BCUT2D eigenvalue weighted by atomic mass is 10.0. The molecule has 1 aromatic rings. The standard InChI is InChI=1S/C15H16N2O2/c1-2-10(11-7-16-8-11)9-17-14(18)12-5-3-4-6-13(12)15(17)19/h3-6,16H,2,7-9H2,1H3. The number of fused-ring (bicyclic) bond motifs is 1. The van der Waals surface area contributed by atoms with Crippen LogP contribution in [0.25, 0.3) is 0 Å². The van der Waals surface area contributed by atoms with E-state index in [1.807, 2.05) is 0 Å². The Morgan fingerprint density at radius 3 is 2.16 bits per heavy atom. The number of rotatable bonds is 3. The van der Waals surface area contributed by atoms with Crippen LogP contribution in [0.5, 0.6) is 0 Å². The third-order valence-corrected chi connectivity index (χ3v) is 3.83. The zero-order chi connectivity index (χ0) is 13.4. The molecule has 0 aliphatic carbocycles. The summed E-state index contributed by atoms with van der Waals surface area (Å²) in [6, 6.07) is 7.03. The largest absolute Gasteiger partial charge is 0.309 e. The molecule has 19 heavy (non-hydrogen) atoms. The van der Waals surface area contributed by atoms with E-state index in [4.69, 9.17) is 0 Å². The van der Waals surface area contributed by atoms with E-state index in [-0.39, 0.29) is 11.8 Å². The first-order chi connectivity index (χ1) is 9.22. The predicted octanol–water partition coefficient (Wildman–Crippen LogP) is 1.59. The summed E-state index contributed by atoms with van der Waals surface area (Å²) in [5, 5.41) is 3.19. The van der Waals surface area contributed by atoms with Crippen LogP contribution in [0.4, 0.5) is 0 Å². The molecule has 0 spiro atoms. The SMILES string of the molecule is CCC(CN1C(=O)c2ccccc2C1=O)=C1CNC1. The van der Waals surface area contributed by atoms with Crippen molar-refractivity contribution in [1.29, 1.82) is 0 Å². The van der Waals surface area contributed by atoms with Gasteiger partial charge in [0, 0.05) is 13.1 Å². The number of hydrogen-bond donors (Lipinski definition) is 1. The molecule has 4 heteroatoms. The van der Waals surface area contributed by atoms with Gasteiger partial charge in [-0.15, -0.1) is 0 Å². The summed E-state index contributed by atoms with van der Waals surface area (Å²) in [6.07, 6.45) is 0.879. The van der Waals surface area contributed by atoms with Crippen LogP contribution in [0.15, 0.2) is 35.4 Å². The number of carbonyl (C=O) groups is 2. The highest BCUT2D eigenvalue weighted by atomic mass is 16.2. The molecule has 0 atom stereocenters. The number of hydrogen-bond acceptors (Lipinski definition) is 3. The van der Waals surface area contributed by atoms with Gasteiger partial charge in [-0.1, -0.05) is 19.1 Å². The molecule has 2 heterocycles. The monoisotopic (exact) mass is 256 g/mol. The van der Waals surface area contributed by atoms with Gasteiger partial charge in [-0.2, -0.15) is 0 Å². The number of benzene rings is 1. The maximum atomic E-state index is 12.3. The van der Waals surface area contributed by atoms with Gasteiger partial charge in [0.15, 0.2) is 0 Å². The highest BCUT2D eigenvalue weighted by Crippen LogP contribution is 2.25. The maximum Gasteiger partial charge on any atom is 0.261 e. The van der Waals surface area contributed by atoms with Gasteiger partial charge < -0.3 is 5.32 Å². The smallest absolute Gasteiger partial charge is 0.261 e. The van der Waals surface area contributed by atoms with Gasteiger partial charge in [0.2, 0.25) is 0 Å². The average Bonchev–Trinajstić information content (AvgIpc) is 2.61. The Morgan fingerprint density at radius 2 is 1.74 bits per heavy atom. The van der Waals surface area contributed by atoms with Crippen molar-refractivity contribution in [3.05, 3.63) is 46.5 Å². The van der Waals surface area contributed by atoms with Crippen LogP contribution in [0.1, 0.15) is 34.1 Å². The van der Waals surface area contributed by atoms with Crippen molar-refractivity contribution in [3.8, 4) is 0 Å². The highest BCUT2D eigenvalue weighted by Gasteiger charge is 2.35. The Balaban J connectivity index is 1.88. The molecular formula is C15H16N2O2. The highest BCUT2D eigenvalue weighted by molar-refractivity contribution is 6.21. The summed E-state index contributed by atoms with van der Waals surface area (Å²) in [5.41, 5.74) is 3.59. The second-order valence-corrected chi connectivity index (χ2v) is 4.91. The molecule has 0 aromatic heterocycles. The fraction of sp³-hybridized carbons (Fsp3) is 0.333. The summed E-state index contributed by atoms with van der Waals surface area (Å²) in [7, 11) is 0. The third-order valence-electron chi connectivity index (χ3n) is 3.83. The topological polar surface area (TPSA) is 49.4 Å². The summed E-state index contributed by atoms with van der Waals surface area (Å²) in [4.78, 5) is 25.9. The molecule has 4 nitrogen and oxygen atoms in total. The zero-order valence-electron chi connectivity index (χ0n) is 10.9. The van der Waals surface area contributed by atoms with E-state index in [0.717, 1.165) is 19.5 Å². The molecule has 1 aromatic carbocycles. The Kier molecular flexibility index (Phi) is 2.95. The second-order valence-electron chi connectivity index (χ2n) is 4.91. The van der Waals surface area contributed by atoms with E-state index in [2.05, 4.69) is 12.2 Å². The molecule has 0 bridgehead atoms. The van der Waals surface area contributed by atoms with Crippen LogP contribution in [0, 0.1) is 0 Å². The minimum atomic E-state index is -0.167. The van der Waals surface area contributed by atoms with Crippen LogP contribution < -0.4 is 5.32 Å². The number of imide groups is 1. The number of amides is 2. The fourth-order valence-electron chi connectivity index (χ4n) is 2.55. The lowest BCUT2D eigenvalue weighted by Crippen LogP contribution is -2.38. The van der Waals surface area contributed by atoms with Gasteiger partial charge in [0.1, 0.15) is 0 Å². The van der Waals surface area contributed by atoms with Gasteiger partial charge in [0.25, 0.3) is 11.8 Å². The van der Waals surface area contributed by atoms with Crippen LogP contribution in [0.3, 0.4) is 0 Å². The third kappa shape index (κ3) is 1.88. The molecule has 2 aliphatic rings. The zero-order valence-corrected chi connectivity index (χ0v) is 10.9. The van der Waals surface area contributed by atoms with E-state index in [1.54, 1.807) is 24.3 Å². The van der Waals surface area contributed by atoms with Crippen molar-refractivity contribution >= 4 is 11.8 Å². The summed E-state index contributed by atoms with van der Waals surface area (Å²) in [6.45, 7) is 4.26. The van der Waals surface area contributed by atoms with E-state index in [0.29, 0.717) is 17.7 Å². The summed E-state index contributed by atoms with van der Waals surface area (Å²) >= 11 is 0. The number of nitrogens with zero attached hydrogens (tertiary/aromatic N) is 1. The van der Waals surface area contributed by atoms with E-state index < -0.39 is 0 Å². The maximum absolute atomic E-state index is 12.3. The minimum Gasteiger partial charge on any atom is -0.309 e. The molecule has 1 fully saturated rings. The first kappa shape index (κ1) is 12.1. The lowest BCUT2D eigenvalue weighted by molar-refractivity contribution is 0.0666. The molecule has 0 saturated carbocycles. The van der Waals surface area contributed by atoms with Crippen molar-refractivity contribution in [2.75, 3.05) is 19.6 Å². The normalized spacial score (nSPS) is 17.5. The Hall–Kier alpha value is -1.94. The van der Waals surface area contributed by atoms with Crippen molar-refractivity contribution in [1.82, 2.24) is 10.2 Å². The van der Waals surface area contributed by atoms with Gasteiger partial charge in [-0.05, 0) is 29.7 Å². The Bertz CT molecular complexity index is 549.